The number of carbonyl (C=O) groups is 2. The second kappa shape index (κ2) is 13.2. The highest BCUT2D eigenvalue weighted by atomic mass is 32.2. The molecule has 40 heavy (non-hydrogen) atoms. The Morgan fingerprint density at radius 1 is 1.00 bits per heavy atom. The molecule has 1 fully saturated rings. The molecule has 1 amide bonds. The molecule has 1 aliphatic rings. The van der Waals surface area contributed by atoms with Crippen LogP contribution >= 0.6 is 0 Å². The van der Waals surface area contributed by atoms with Gasteiger partial charge in [0.1, 0.15) is 24.4 Å². The van der Waals surface area contributed by atoms with Gasteiger partial charge < -0.3 is 14.8 Å². The number of hydrogen-bond acceptors (Lipinski definition) is 8. The number of esters is 1. The Morgan fingerprint density at radius 2 is 1.65 bits per heavy atom. The van der Waals surface area contributed by atoms with Crippen LogP contribution in [0.4, 0.5) is 5.69 Å². The van der Waals surface area contributed by atoms with Crippen LogP contribution in [0.1, 0.15) is 24.8 Å². The lowest BCUT2D eigenvalue weighted by Crippen LogP contribution is -2.51. The van der Waals surface area contributed by atoms with Gasteiger partial charge in [-0.25, -0.2) is 13.2 Å². The van der Waals surface area contributed by atoms with Crippen molar-refractivity contribution in [2.75, 3.05) is 13.2 Å². The number of ether oxygens (including phenoxy) is 2. The van der Waals surface area contributed by atoms with Gasteiger partial charge in [-0.2, -0.15) is 4.31 Å². The van der Waals surface area contributed by atoms with Crippen molar-refractivity contribution in [2.45, 2.75) is 42.8 Å². The van der Waals surface area contributed by atoms with Crippen LogP contribution in [-0.2, 0) is 31.0 Å². The number of amides is 1. The molecular formula is C28H29N3O8S. The van der Waals surface area contributed by atoms with E-state index in [-0.39, 0.29) is 36.8 Å². The molecule has 1 saturated heterocycles. The lowest BCUT2D eigenvalue weighted by molar-refractivity contribution is -0.384. The topological polar surface area (TPSA) is 145 Å². The van der Waals surface area contributed by atoms with Crippen molar-refractivity contribution >= 4 is 27.6 Å². The van der Waals surface area contributed by atoms with Gasteiger partial charge in [0.2, 0.25) is 15.9 Å². The van der Waals surface area contributed by atoms with Crippen molar-refractivity contribution in [2.24, 2.45) is 0 Å². The SMILES string of the molecule is O=C(OCc1ccccc1)[C@H](CCOc1ccc([N+](=O)[O-])cc1)NC(=O)[C@@H]1CCCN1S(=O)(=O)c1ccccc1. The quantitative estimate of drug-likeness (QED) is 0.199. The number of nitrogens with one attached hydrogen (secondary N) is 1. The van der Waals surface area contributed by atoms with E-state index < -0.39 is 38.9 Å². The number of non-ortho nitro benzene ring substituents is 1. The molecule has 3 aromatic rings. The highest BCUT2D eigenvalue weighted by molar-refractivity contribution is 7.89. The smallest absolute Gasteiger partial charge is 0.329 e. The molecule has 1 aliphatic heterocycles. The number of nitro benzene ring substituents is 1. The summed E-state index contributed by atoms with van der Waals surface area (Å²) in [5.74, 6) is -0.946. The fraction of sp³-hybridized carbons (Fsp3) is 0.286. The predicted molar refractivity (Wildman–Crippen MR) is 145 cm³/mol. The molecule has 0 spiro atoms. The van der Waals surface area contributed by atoms with Gasteiger partial charge in [-0.15, -0.1) is 0 Å². The summed E-state index contributed by atoms with van der Waals surface area (Å²) in [7, 11) is -3.91. The zero-order valence-electron chi connectivity index (χ0n) is 21.5. The lowest BCUT2D eigenvalue weighted by Gasteiger charge is -2.25. The van der Waals surface area contributed by atoms with Crippen molar-refractivity contribution in [1.29, 1.82) is 0 Å². The zero-order valence-corrected chi connectivity index (χ0v) is 22.4. The number of rotatable bonds is 12. The van der Waals surface area contributed by atoms with Crippen LogP contribution in [0.5, 0.6) is 5.75 Å². The maximum absolute atomic E-state index is 13.3. The molecule has 1 heterocycles. The minimum atomic E-state index is -3.91. The van der Waals surface area contributed by atoms with Gasteiger partial charge >= 0.3 is 5.97 Å². The number of carbonyl (C=O) groups excluding carboxylic acids is 2. The van der Waals surface area contributed by atoms with E-state index in [0.717, 1.165) is 9.87 Å². The average molecular weight is 568 g/mol. The van der Waals surface area contributed by atoms with Crippen molar-refractivity contribution in [3.05, 3.63) is 101 Å². The molecule has 3 aromatic carbocycles. The largest absolute Gasteiger partial charge is 0.493 e. The van der Waals surface area contributed by atoms with Crippen molar-refractivity contribution < 1.29 is 32.4 Å². The maximum Gasteiger partial charge on any atom is 0.329 e. The Kier molecular flexibility index (Phi) is 9.46. The third-order valence-electron chi connectivity index (χ3n) is 6.40. The fourth-order valence-corrected chi connectivity index (χ4v) is 6.00. The monoisotopic (exact) mass is 567 g/mol. The van der Waals surface area contributed by atoms with Gasteiger partial charge in [0.25, 0.3) is 5.69 Å². The third-order valence-corrected chi connectivity index (χ3v) is 8.33. The number of hydrogen-bond donors (Lipinski definition) is 1. The summed E-state index contributed by atoms with van der Waals surface area (Å²) in [6.45, 7) is 0.161. The van der Waals surface area contributed by atoms with E-state index in [4.69, 9.17) is 9.47 Å². The van der Waals surface area contributed by atoms with Gasteiger partial charge in [-0.05, 0) is 42.7 Å². The van der Waals surface area contributed by atoms with Crippen LogP contribution < -0.4 is 10.1 Å². The minimum Gasteiger partial charge on any atom is -0.493 e. The lowest BCUT2D eigenvalue weighted by atomic mass is 10.1. The molecule has 1 N–H and O–H groups in total. The zero-order chi connectivity index (χ0) is 28.5. The summed E-state index contributed by atoms with van der Waals surface area (Å²) in [5, 5.41) is 13.5. The molecule has 210 valence electrons. The van der Waals surface area contributed by atoms with Gasteiger partial charge in [-0.3, -0.25) is 14.9 Å². The van der Waals surface area contributed by atoms with E-state index in [2.05, 4.69) is 5.32 Å². The Labute approximate surface area is 231 Å². The predicted octanol–water partition coefficient (Wildman–Crippen LogP) is 3.45. The van der Waals surface area contributed by atoms with Crippen LogP contribution in [0.2, 0.25) is 0 Å². The molecule has 0 bridgehead atoms. The van der Waals surface area contributed by atoms with Crippen LogP contribution in [0.3, 0.4) is 0 Å². The maximum atomic E-state index is 13.3. The van der Waals surface area contributed by atoms with E-state index in [9.17, 15) is 28.1 Å². The molecule has 11 nitrogen and oxygen atoms in total. The first-order chi connectivity index (χ1) is 19.3. The fourth-order valence-electron chi connectivity index (χ4n) is 4.32. The van der Waals surface area contributed by atoms with E-state index in [1.165, 1.54) is 36.4 Å². The molecule has 0 aliphatic carbocycles. The molecule has 2 atom stereocenters. The average Bonchev–Trinajstić information content (AvgIpc) is 3.48. The van der Waals surface area contributed by atoms with E-state index in [1.807, 2.05) is 18.2 Å². The molecule has 4 rings (SSSR count). The Bertz CT molecular complexity index is 1420. The van der Waals surface area contributed by atoms with E-state index in [1.54, 1.807) is 30.3 Å². The first-order valence-corrected chi connectivity index (χ1v) is 14.1. The Hall–Kier alpha value is -4.29. The Balaban J connectivity index is 1.44. The summed E-state index contributed by atoms with van der Waals surface area (Å²) in [4.78, 5) is 36.8. The first kappa shape index (κ1) is 28.7. The number of nitro groups is 1. The van der Waals surface area contributed by atoms with Gasteiger partial charge in [0, 0.05) is 25.1 Å². The van der Waals surface area contributed by atoms with Crippen LogP contribution in [-0.4, -0.2) is 54.8 Å². The second-order valence-electron chi connectivity index (χ2n) is 9.13. The van der Waals surface area contributed by atoms with Crippen LogP contribution in [0, 0.1) is 10.1 Å². The molecular weight excluding hydrogens is 538 g/mol. The summed E-state index contributed by atoms with van der Waals surface area (Å²) in [5.41, 5.74) is 0.674. The molecule has 0 unspecified atom stereocenters. The molecule has 0 saturated carbocycles. The van der Waals surface area contributed by atoms with E-state index in [0.29, 0.717) is 18.6 Å². The van der Waals surface area contributed by atoms with Crippen molar-refractivity contribution in [3.8, 4) is 5.75 Å². The Morgan fingerprint density at radius 3 is 2.30 bits per heavy atom. The minimum absolute atomic E-state index is 0.00675. The molecule has 12 heteroatoms. The normalized spacial score (nSPS) is 16.1. The highest BCUT2D eigenvalue weighted by Gasteiger charge is 2.40. The third kappa shape index (κ3) is 7.21. The summed E-state index contributed by atoms with van der Waals surface area (Å²) in [6.07, 6.45) is 0.827. The number of nitrogens with zero attached hydrogens (tertiary/aromatic N) is 2. The van der Waals surface area contributed by atoms with Crippen molar-refractivity contribution in [1.82, 2.24) is 9.62 Å². The van der Waals surface area contributed by atoms with Gasteiger partial charge in [0.05, 0.1) is 16.4 Å². The van der Waals surface area contributed by atoms with Gasteiger partial charge in [0.15, 0.2) is 0 Å². The number of benzene rings is 3. The summed E-state index contributed by atoms with van der Waals surface area (Å²) in [6, 6.07) is 20.3. The van der Waals surface area contributed by atoms with Crippen LogP contribution in [0.15, 0.2) is 89.8 Å². The first-order valence-electron chi connectivity index (χ1n) is 12.7. The summed E-state index contributed by atoms with van der Waals surface area (Å²) < 4.78 is 38.7. The van der Waals surface area contributed by atoms with E-state index >= 15 is 0 Å². The molecule has 0 aromatic heterocycles. The number of sulfonamides is 1. The van der Waals surface area contributed by atoms with Crippen LogP contribution in [0.25, 0.3) is 0 Å². The summed E-state index contributed by atoms with van der Waals surface area (Å²) >= 11 is 0. The second-order valence-corrected chi connectivity index (χ2v) is 11.0. The highest BCUT2D eigenvalue weighted by Crippen LogP contribution is 2.26. The standard InChI is InChI=1S/C28H29N3O8S/c32-27(26-12-7-18-30(26)40(36,37)24-10-5-2-6-11-24)29-25(28(33)39-20-21-8-3-1-4-9-21)17-19-38-23-15-13-22(14-16-23)31(34)35/h1-6,8-11,13-16,25-26H,7,12,17-20H2,(H,29,32)/t25-,26-/m0/s1. The molecule has 0 radical (unpaired) electrons. The van der Waals surface area contributed by atoms with Crippen molar-refractivity contribution in [3.63, 3.8) is 0 Å². The van der Waals surface area contributed by atoms with Gasteiger partial charge in [-0.1, -0.05) is 48.5 Å².